The minimum Gasteiger partial charge on any atom is -0.324 e. The Balaban J connectivity index is 1.74. The van der Waals surface area contributed by atoms with Gasteiger partial charge in [0, 0.05) is 23.8 Å². The fraction of sp³-hybridized carbons (Fsp3) is 0.235. The van der Waals surface area contributed by atoms with Crippen LogP contribution in [0.1, 0.15) is 23.6 Å². The molecule has 2 N–H and O–H groups in total. The summed E-state index contributed by atoms with van der Waals surface area (Å²) in [5.41, 5.74) is 8.76. The molecule has 0 saturated carbocycles. The lowest BCUT2D eigenvalue weighted by atomic mass is 9.98. The third-order valence-electron chi connectivity index (χ3n) is 3.76. The van der Waals surface area contributed by atoms with Gasteiger partial charge in [0.25, 0.3) is 0 Å². The molecule has 3 aromatic rings. The zero-order valence-electron chi connectivity index (χ0n) is 12.0. The first-order valence-electron chi connectivity index (χ1n) is 7.04. The van der Waals surface area contributed by atoms with E-state index in [1.807, 2.05) is 24.1 Å². The van der Waals surface area contributed by atoms with Crippen molar-refractivity contribution in [3.05, 3.63) is 64.4 Å². The van der Waals surface area contributed by atoms with Gasteiger partial charge in [-0.05, 0) is 52.9 Å². The van der Waals surface area contributed by atoms with E-state index >= 15 is 0 Å². The van der Waals surface area contributed by atoms with Crippen LogP contribution in [0.5, 0.6) is 0 Å². The zero-order chi connectivity index (χ0) is 14.8. The van der Waals surface area contributed by atoms with Crippen LogP contribution in [0.2, 0.25) is 0 Å². The first kappa shape index (κ1) is 14.3. The number of aryl methyl sites for hydroxylation is 2. The van der Waals surface area contributed by atoms with Crippen LogP contribution in [0, 0.1) is 0 Å². The van der Waals surface area contributed by atoms with Gasteiger partial charge < -0.3 is 5.73 Å². The molecule has 0 aliphatic carbocycles. The highest BCUT2D eigenvalue weighted by Crippen LogP contribution is 2.24. The highest BCUT2D eigenvalue weighted by molar-refractivity contribution is 9.10. The number of aromatic nitrogens is 2. The van der Waals surface area contributed by atoms with Crippen LogP contribution in [-0.2, 0) is 13.5 Å². The lowest BCUT2D eigenvalue weighted by Gasteiger charge is -2.12. The first-order chi connectivity index (χ1) is 10.1. The lowest BCUT2D eigenvalue weighted by Crippen LogP contribution is -2.11. The van der Waals surface area contributed by atoms with E-state index < -0.39 is 0 Å². The second-order valence-corrected chi connectivity index (χ2v) is 6.33. The summed E-state index contributed by atoms with van der Waals surface area (Å²) in [6, 6.07) is 12.8. The molecule has 0 radical (unpaired) electrons. The minimum atomic E-state index is 0.0539. The van der Waals surface area contributed by atoms with Crippen molar-refractivity contribution in [1.29, 1.82) is 0 Å². The fourth-order valence-electron chi connectivity index (χ4n) is 2.56. The van der Waals surface area contributed by atoms with Crippen LogP contribution in [0.3, 0.4) is 0 Å². The van der Waals surface area contributed by atoms with Gasteiger partial charge in [0.05, 0.1) is 6.20 Å². The number of fused-ring (bicyclic) bond motifs is 1. The smallest absolute Gasteiger partial charge is 0.0521 e. The normalized spacial score (nSPS) is 12.7. The van der Waals surface area contributed by atoms with Gasteiger partial charge in [-0.3, -0.25) is 4.68 Å². The Kier molecular flexibility index (Phi) is 4.08. The van der Waals surface area contributed by atoms with Gasteiger partial charge in [0.15, 0.2) is 0 Å². The summed E-state index contributed by atoms with van der Waals surface area (Å²) in [6.07, 6.45) is 5.83. The van der Waals surface area contributed by atoms with E-state index in [0.29, 0.717) is 0 Å². The van der Waals surface area contributed by atoms with Crippen molar-refractivity contribution in [2.45, 2.75) is 18.9 Å². The summed E-state index contributed by atoms with van der Waals surface area (Å²) < 4.78 is 2.93. The quantitative estimate of drug-likeness (QED) is 0.778. The van der Waals surface area contributed by atoms with Crippen LogP contribution >= 0.6 is 15.9 Å². The molecule has 0 aliphatic heterocycles. The van der Waals surface area contributed by atoms with E-state index in [1.165, 1.54) is 21.9 Å². The molecule has 0 fully saturated rings. The third-order valence-corrected chi connectivity index (χ3v) is 4.25. The SMILES string of the molecule is Cn1cc(CCC(N)c2ccc3cc(Br)ccc3c2)cn1. The predicted octanol–water partition coefficient (Wildman–Crippen LogP) is 3.97. The maximum Gasteiger partial charge on any atom is 0.0521 e. The van der Waals surface area contributed by atoms with E-state index in [4.69, 9.17) is 5.73 Å². The second-order valence-electron chi connectivity index (χ2n) is 5.42. The van der Waals surface area contributed by atoms with Crippen molar-refractivity contribution >= 4 is 26.7 Å². The van der Waals surface area contributed by atoms with E-state index in [-0.39, 0.29) is 6.04 Å². The van der Waals surface area contributed by atoms with Gasteiger partial charge >= 0.3 is 0 Å². The van der Waals surface area contributed by atoms with Crippen LogP contribution in [-0.4, -0.2) is 9.78 Å². The van der Waals surface area contributed by atoms with Crippen LogP contribution < -0.4 is 5.73 Å². The van der Waals surface area contributed by atoms with Gasteiger partial charge in [-0.2, -0.15) is 5.10 Å². The topological polar surface area (TPSA) is 43.8 Å². The average molecular weight is 344 g/mol. The monoisotopic (exact) mass is 343 g/mol. The Morgan fingerprint density at radius 1 is 1.19 bits per heavy atom. The van der Waals surface area contributed by atoms with Gasteiger partial charge in [0.1, 0.15) is 0 Å². The number of hydrogen-bond acceptors (Lipinski definition) is 2. The molecule has 0 bridgehead atoms. The van der Waals surface area contributed by atoms with Crippen molar-refractivity contribution in [3.63, 3.8) is 0 Å². The Labute approximate surface area is 132 Å². The van der Waals surface area contributed by atoms with E-state index in [0.717, 1.165) is 17.3 Å². The van der Waals surface area contributed by atoms with Crippen LogP contribution in [0.4, 0.5) is 0 Å². The molecule has 0 spiro atoms. The molecule has 4 heteroatoms. The molecule has 21 heavy (non-hydrogen) atoms. The molecule has 0 saturated heterocycles. The van der Waals surface area contributed by atoms with Crippen molar-refractivity contribution in [2.75, 3.05) is 0 Å². The van der Waals surface area contributed by atoms with Crippen molar-refractivity contribution in [3.8, 4) is 0 Å². The lowest BCUT2D eigenvalue weighted by molar-refractivity contribution is 0.651. The van der Waals surface area contributed by atoms with Gasteiger partial charge in [0.2, 0.25) is 0 Å². The van der Waals surface area contributed by atoms with E-state index in [1.54, 1.807) is 0 Å². The molecular formula is C17H18BrN3. The highest BCUT2D eigenvalue weighted by atomic mass is 79.9. The summed E-state index contributed by atoms with van der Waals surface area (Å²) in [4.78, 5) is 0. The molecule has 1 aromatic heterocycles. The number of nitrogens with zero attached hydrogens (tertiary/aromatic N) is 2. The van der Waals surface area contributed by atoms with E-state index in [2.05, 4.69) is 57.4 Å². The van der Waals surface area contributed by atoms with Crippen molar-refractivity contribution in [2.24, 2.45) is 12.8 Å². The van der Waals surface area contributed by atoms with Gasteiger partial charge in [-0.25, -0.2) is 0 Å². The van der Waals surface area contributed by atoms with Gasteiger partial charge in [-0.15, -0.1) is 0 Å². The third kappa shape index (κ3) is 3.34. The molecule has 2 aromatic carbocycles. The Morgan fingerprint density at radius 2 is 1.95 bits per heavy atom. The molecule has 3 rings (SSSR count). The Bertz CT molecular complexity index is 764. The van der Waals surface area contributed by atoms with E-state index in [9.17, 15) is 0 Å². The molecule has 1 unspecified atom stereocenters. The number of hydrogen-bond donors (Lipinski definition) is 1. The maximum atomic E-state index is 6.33. The fourth-order valence-corrected chi connectivity index (χ4v) is 2.93. The summed E-state index contributed by atoms with van der Waals surface area (Å²) in [6.45, 7) is 0. The molecule has 1 heterocycles. The average Bonchev–Trinajstić information content (AvgIpc) is 2.90. The number of halogens is 1. The standard InChI is InChI=1S/C17H18BrN3/c1-21-11-12(10-20-21)2-7-17(19)15-4-3-14-9-16(18)6-5-13(14)8-15/h3-6,8-11,17H,2,7,19H2,1H3. The minimum absolute atomic E-state index is 0.0539. The Hall–Kier alpha value is -1.65. The molecule has 0 amide bonds. The molecule has 0 aliphatic rings. The maximum absolute atomic E-state index is 6.33. The molecular weight excluding hydrogens is 326 g/mol. The number of nitrogens with two attached hydrogens (primary N) is 1. The first-order valence-corrected chi connectivity index (χ1v) is 7.83. The zero-order valence-corrected chi connectivity index (χ0v) is 13.5. The van der Waals surface area contributed by atoms with Crippen molar-refractivity contribution in [1.82, 2.24) is 9.78 Å². The largest absolute Gasteiger partial charge is 0.324 e. The molecule has 108 valence electrons. The summed E-state index contributed by atoms with van der Waals surface area (Å²) in [5.74, 6) is 0. The summed E-state index contributed by atoms with van der Waals surface area (Å²) in [7, 11) is 1.94. The van der Waals surface area contributed by atoms with Crippen LogP contribution in [0.25, 0.3) is 10.8 Å². The Morgan fingerprint density at radius 3 is 2.71 bits per heavy atom. The summed E-state index contributed by atoms with van der Waals surface area (Å²) >= 11 is 3.50. The van der Waals surface area contributed by atoms with Crippen molar-refractivity contribution < 1.29 is 0 Å². The number of benzene rings is 2. The van der Waals surface area contributed by atoms with Crippen LogP contribution in [0.15, 0.2) is 53.3 Å². The number of rotatable bonds is 4. The molecule has 1 atom stereocenters. The highest BCUT2D eigenvalue weighted by Gasteiger charge is 2.08. The predicted molar refractivity (Wildman–Crippen MR) is 90.1 cm³/mol. The molecule has 3 nitrogen and oxygen atoms in total. The van der Waals surface area contributed by atoms with Gasteiger partial charge in [-0.1, -0.05) is 34.1 Å². The second kappa shape index (κ2) is 6.00. The summed E-state index contributed by atoms with van der Waals surface area (Å²) in [5, 5.41) is 6.65.